The number of hydrogen-bond donors (Lipinski definition) is 0. The van der Waals surface area contributed by atoms with Gasteiger partial charge in [0.2, 0.25) is 0 Å². The van der Waals surface area contributed by atoms with Crippen molar-refractivity contribution in [2.24, 2.45) is 0 Å². The van der Waals surface area contributed by atoms with Gasteiger partial charge in [-0.25, -0.2) is 0 Å². The maximum absolute atomic E-state index is 11.5. The summed E-state index contributed by atoms with van der Waals surface area (Å²) < 4.78 is 5.66. The highest BCUT2D eigenvalue weighted by molar-refractivity contribution is 5.96. The van der Waals surface area contributed by atoms with Crippen molar-refractivity contribution in [3.63, 3.8) is 0 Å². The number of nitrogens with zero attached hydrogens (tertiary/aromatic N) is 1. The van der Waals surface area contributed by atoms with Crippen LogP contribution in [-0.2, 0) is 6.61 Å². The van der Waals surface area contributed by atoms with Crippen LogP contribution in [0.25, 0.3) is 0 Å². The van der Waals surface area contributed by atoms with Crippen LogP contribution in [0.15, 0.2) is 48.5 Å². The van der Waals surface area contributed by atoms with E-state index in [9.17, 15) is 4.79 Å². The van der Waals surface area contributed by atoms with Crippen LogP contribution in [0.2, 0.25) is 0 Å². The van der Waals surface area contributed by atoms with E-state index in [2.05, 4.69) is 6.07 Å². The summed E-state index contributed by atoms with van der Waals surface area (Å²) >= 11 is 0. The highest BCUT2D eigenvalue weighted by atomic mass is 16.5. The summed E-state index contributed by atoms with van der Waals surface area (Å²) in [4.78, 5) is 11.5. The second-order valence-electron chi connectivity index (χ2n) is 4.11. The molecule has 94 valence electrons. The number of ether oxygens (including phenoxy) is 1. The minimum atomic E-state index is -0.0378. The highest BCUT2D eigenvalue weighted by Gasteiger charge is 2.08. The lowest BCUT2D eigenvalue weighted by atomic mass is 10.1. The van der Waals surface area contributed by atoms with Gasteiger partial charge < -0.3 is 4.74 Å². The Kier molecular flexibility index (Phi) is 3.94. The normalized spacial score (nSPS) is 9.68. The number of hydrogen-bond acceptors (Lipinski definition) is 3. The smallest absolute Gasteiger partial charge is 0.163 e. The molecule has 0 amide bonds. The van der Waals surface area contributed by atoms with Gasteiger partial charge in [0.05, 0.1) is 17.2 Å². The first-order valence-corrected chi connectivity index (χ1v) is 5.93. The van der Waals surface area contributed by atoms with E-state index in [1.165, 1.54) is 6.92 Å². The van der Waals surface area contributed by atoms with Crippen LogP contribution >= 0.6 is 0 Å². The van der Waals surface area contributed by atoms with E-state index >= 15 is 0 Å². The molecule has 0 spiro atoms. The molecule has 3 nitrogen and oxygen atoms in total. The van der Waals surface area contributed by atoms with Crippen molar-refractivity contribution in [3.05, 3.63) is 65.2 Å². The fourth-order valence-corrected chi connectivity index (χ4v) is 1.79. The van der Waals surface area contributed by atoms with Gasteiger partial charge in [0.1, 0.15) is 12.4 Å². The average molecular weight is 251 g/mol. The van der Waals surface area contributed by atoms with Gasteiger partial charge >= 0.3 is 0 Å². The minimum absolute atomic E-state index is 0.0378. The molecule has 2 rings (SSSR count). The summed E-state index contributed by atoms with van der Waals surface area (Å²) in [6, 6.07) is 16.5. The van der Waals surface area contributed by atoms with E-state index in [0.29, 0.717) is 16.9 Å². The van der Waals surface area contributed by atoms with Crippen LogP contribution in [0.4, 0.5) is 0 Å². The zero-order valence-electron chi connectivity index (χ0n) is 10.6. The Bertz CT molecular complexity index is 641. The molecule has 2 aromatic carbocycles. The van der Waals surface area contributed by atoms with E-state index in [0.717, 1.165) is 5.56 Å². The van der Waals surface area contributed by atoms with E-state index in [1.807, 2.05) is 24.3 Å². The largest absolute Gasteiger partial charge is 0.488 e. The zero-order chi connectivity index (χ0) is 13.7. The van der Waals surface area contributed by atoms with E-state index in [1.54, 1.807) is 24.3 Å². The molecule has 0 unspecified atom stereocenters. The van der Waals surface area contributed by atoms with E-state index in [-0.39, 0.29) is 12.4 Å². The molecule has 0 aliphatic heterocycles. The van der Waals surface area contributed by atoms with Crippen molar-refractivity contribution in [3.8, 4) is 11.8 Å². The van der Waals surface area contributed by atoms with Crippen LogP contribution in [0.3, 0.4) is 0 Å². The third kappa shape index (κ3) is 2.99. The van der Waals surface area contributed by atoms with Gasteiger partial charge in [-0.05, 0) is 25.1 Å². The number of para-hydroxylation sites is 1. The number of carbonyl (C=O) groups excluding carboxylic acids is 1. The molecular weight excluding hydrogens is 238 g/mol. The Morgan fingerprint density at radius 3 is 2.58 bits per heavy atom. The monoisotopic (exact) mass is 251 g/mol. The van der Waals surface area contributed by atoms with Crippen molar-refractivity contribution < 1.29 is 9.53 Å². The van der Waals surface area contributed by atoms with Gasteiger partial charge in [0, 0.05) is 5.56 Å². The molecule has 0 heterocycles. The lowest BCUT2D eigenvalue weighted by Crippen LogP contribution is -2.02. The topological polar surface area (TPSA) is 50.1 Å². The molecule has 0 aromatic heterocycles. The SMILES string of the molecule is CC(=O)c1ccccc1OCc1ccccc1C#N. The quantitative estimate of drug-likeness (QED) is 0.783. The molecular formula is C16H13NO2. The lowest BCUT2D eigenvalue weighted by Gasteiger charge is -2.10. The number of nitriles is 1. The predicted octanol–water partition coefficient (Wildman–Crippen LogP) is 3.34. The maximum atomic E-state index is 11.5. The maximum Gasteiger partial charge on any atom is 0.163 e. The fourth-order valence-electron chi connectivity index (χ4n) is 1.79. The van der Waals surface area contributed by atoms with Crippen LogP contribution < -0.4 is 4.74 Å². The molecule has 0 aliphatic rings. The van der Waals surface area contributed by atoms with Gasteiger partial charge in [-0.1, -0.05) is 30.3 Å². The van der Waals surface area contributed by atoms with Gasteiger partial charge in [-0.2, -0.15) is 5.26 Å². The first-order valence-electron chi connectivity index (χ1n) is 5.93. The van der Waals surface area contributed by atoms with Crippen molar-refractivity contribution in [2.75, 3.05) is 0 Å². The summed E-state index contributed by atoms with van der Waals surface area (Å²) in [6.07, 6.45) is 0. The van der Waals surface area contributed by atoms with Crippen molar-refractivity contribution >= 4 is 5.78 Å². The molecule has 0 atom stereocenters. The van der Waals surface area contributed by atoms with Crippen LogP contribution in [0.5, 0.6) is 5.75 Å². The van der Waals surface area contributed by atoms with Crippen LogP contribution in [-0.4, -0.2) is 5.78 Å². The third-order valence-electron chi connectivity index (χ3n) is 2.79. The van der Waals surface area contributed by atoms with Gasteiger partial charge in [-0.15, -0.1) is 0 Å². The highest BCUT2D eigenvalue weighted by Crippen LogP contribution is 2.20. The number of ketones is 1. The Labute approximate surface area is 112 Å². The molecule has 0 radical (unpaired) electrons. The van der Waals surface area contributed by atoms with Gasteiger partial charge in [-0.3, -0.25) is 4.79 Å². The molecule has 0 saturated carbocycles. The number of benzene rings is 2. The van der Waals surface area contributed by atoms with Gasteiger partial charge in [0.15, 0.2) is 5.78 Å². The lowest BCUT2D eigenvalue weighted by molar-refractivity contribution is 0.101. The van der Waals surface area contributed by atoms with Gasteiger partial charge in [0.25, 0.3) is 0 Å². The minimum Gasteiger partial charge on any atom is -0.488 e. The second-order valence-corrected chi connectivity index (χ2v) is 4.11. The van der Waals surface area contributed by atoms with Crippen molar-refractivity contribution in [1.82, 2.24) is 0 Å². The summed E-state index contributed by atoms with van der Waals surface area (Å²) in [6.45, 7) is 1.78. The standard InChI is InChI=1S/C16H13NO2/c1-12(18)15-8-4-5-9-16(15)19-11-14-7-3-2-6-13(14)10-17/h2-9H,11H2,1H3. The van der Waals surface area contributed by atoms with E-state index < -0.39 is 0 Å². The molecule has 0 fully saturated rings. The predicted molar refractivity (Wildman–Crippen MR) is 71.9 cm³/mol. The summed E-state index contributed by atoms with van der Waals surface area (Å²) in [5.41, 5.74) is 1.95. The molecule has 0 bridgehead atoms. The molecule has 0 aliphatic carbocycles. The Balaban J connectivity index is 2.20. The number of Topliss-reactive ketones (excluding diaryl/α,β-unsaturated/α-hetero) is 1. The summed E-state index contributed by atoms with van der Waals surface area (Å²) in [5.74, 6) is 0.506. The molecule has 0 N–H and O–H groups in total. The molecule has 19 heavy (non-hydrogen) atoms. The van der Waals surface area contributed by atoms with Crippen LogP contribution in [0.1, 0.15) is 28.4 Å². The zero-order valence-corrected chi connectivity index (χ0v) is 10.6. The fraction of sp³-hybridized carbons (Fsp3) is 0.125. The Morgan fingerprint density at radius 1 is 1.16 bits per heavy atom. The third-order valence-corrected chi connectivity index (χ3v) is 2.79. The van der Waals surface area contributed by atoms with Crippen molar-refractivity contribution in [2.45, 2.75) is 13.5 Å². The first kappa shape index (κ1) is 12.8. The molecule has 3 heteroatoms. The second kappa shape index (κ2) is 5.83. The summed E-state index contributed by atoms with van der Waals surface area (Å²) in [5, 5.41) is 9.00. The number of carbonyl (C=O) groups is 1. The number of rotatable bonds is 4. The average Bonchev–Trinajstić information content (AvgIpc) is 2.45. The van der Waals surface area contributed by atoms with E-state index in [4.69, 9.17) is 10.00 Å². The van der Waals surface area contributed by atoms with Crippen molar-refractivity contribution in [1.29, 1.82) is 5.26 Å². The Morgan fingerprint density at radius 2 is 1.84 bits per heavy atom. The Hall–Kier alpha value is -2.60. The van der Waals surface area contributed by atoms with Crippen LogP contribution in [0, 0.1) is 11.3 Å². The molecule has 2 aromatic rings. The first-order chi connectivity index (χ1) is 9.22. The summed E-state index contributed by atoms with van der Waals surface area (Å²) in [7, 11) is 0. The molecule has 0 saturated heterocycles.